The highest BCUT2D eigenvalue weighted by Crippen LogP contribution is 2.09. The first-order valence-corrected chi connectivity index (χ1v) is 6.45. The summed E-state index contributed by atoms with van der Waals surface area (Å²) in [5, 5.41) is 0.944. The van der Waals surface area contributed by atoms with E-state index in [2.05, 4.69) is 56.5 Å². The number of benzene rings is 1. The van der Waals surface area contributed by atoms with Crippen molar-refractivity contribution in [3.05, 3.63) is 52.5 Å². The van der Waals surface area contributed by atoms with Gasteiger partial charge in [0.2, 0.25) is 5.51 Å². The molecule has 14 heavy (non-hydrogen) atoms. The van der Waals surface area contributed by atoms with Crippen molar-refractivity contribution in [2.24, 2.45) is 0 Å². The molecule has 0 N–H and O–H groups in total. The third-order valence-electron chi connectivity index (χ3n) is 1.99. The monoisotopic (exact) mass is 268 g/mol. The van der Waals surface area contributed by atoms with Gasteiger partial charge in [-0.3, -0.25) is 0 Å². The zero-order valence-electron chi connectivity index (χ0n) is 7.69. The second-order valence-electron chi connectivity index (χ2n) is 3.11. The number of thiazole rings is 1. The standard InChI is InChI=1S/C11H11BrNS/c12-6-11-8-13(9-14-11)7-10-4-2-1-3-5-10/h1-5,8-9H,6-7H2/q+1. The van der Waals surface area contributed by atoms with Crippen LogP contribution in [-0.2, 0) is 11.9 Å². The molecule has 0 aliphatic rings. The third-order valence-corrected chi connectivity index (χ3v) is 3.89. The summed E-state index contributed by atoms with van der Waals surface area (Å²) in [5.74, 6) is 0. The maximum Gasteiger partial charge on any atom is 0.225 e. The Bertz CT molecular complexity index is 397. The fourth-order valence-corrected chi connectivity index (χ4v) is 2.53. The van der Waals surface area contributed by atoms with Crippen molar-refractivity contribution in [1.82, 2.24) is 0 Å². The smallest absolute Gasteiger partial charge is 0.191 e. The Balaban J connectivity index is 2.11. The van der Waals surface area contributed by atoms with E-state index in [0.29, 0.717) is 0 Å². The first kappa shape index (κ1) is 9.87. The Hall–Kier alpha value is -0.670. The lowest BCUT2D eigenvalue weighted by Gasteiger charge is -1.92. The van der Waals surface area contributed by atoms with E-state index < -0.39 is 0 Å². The molecule has 0 saturated carbocycles. The van der Waals surface area contributed by atoms with Crippen LogP contribution in [0.15, 0.2) is 42.0 Å². The lowest BCUT2D eigenvalue weighted by Crippen LogP contribution is -2.30. The van der Waals surface area contributed by atoms with Gasteiger partial charge in [-0.25, -0.2) is 0 Å². The predicted molar refractivity (Wildman–Crippen MR) is 62.7 cm³/mol. The van der Waals surface area contributed by atoms with Crippen molar-refractivity contribution in [3.8, 4) is 0 Å². The fraction of sp³-hybridized carbons (Fsp3) is 0.182. The van der Waals surface area contributed by atoms with Gasteiger partial charge in [0.05, 0.1) is 4.88 Å². The van der Waals surface area contributed by atoms with Crippen molar-refractivity contribution >= 4 is 27.3 Å². The molecule has 1 aromatic heterocycles. The predicted octanol–water partition coefficient (Wildman–Crippen LogP) is 2.98. The zero-order chi connectivity index (χ0) is 9.80. The Morgan fingerprint density at radius 2 is 2.00 bits per heavy atom. The van der Waals surface area contributed by atoms with Gasteiger partial charge in [0.15, 0.2) is 12.7 Å². The van der Waals surface area contributed by atoms with E-state index in [1.165, 1.54) is 10.4 Å². The minimum Gasteiger partial charge on any atom is -0.191 e. The maximum absolute atomic E-state index is 3.45. The lowest BCUT2D eigenvalue weighted by atomic mass is 10.2. The van der Waals surface area contributed by atoms with E-state index in [-0.39, 0.29) is 0 Å². The molecule has 0 atom stereocenters. The summed E-state index contributed by atoms with van der Waals surface area (Å²) in [6, 6.07) is 10.5. The van der Waals surface area contributed by atoms with Gasteiger partial charge in [-0.1, -0.05) is 57.6 Å². The van der Waals surface area contributed by atoms with Gasteiger partial charge in [-0.05, 0) is 0 Å². The van der Waals surface area contributed by atoms with Gasteiger partial charge in [0.1, 0.15) is 0 Å². The quantitative estimate of drug-likeness (QED) is 0.595. The Kier molecular flexibility index (Phi) is 3.32. The van der Waals surface area contributed by atoms with Crippen molar-refractivity contribution in [1.29, 1.82) is 0 Å². The van der Waals surface area contributed by atoms with Crippen LogP contribution < -0.4 is 4.57 Å². The molecule has 0 bridgehead atoms. The first-order chi connectivity index (χ1) is 6.88. The molecule has 72 valence electrons. The third kappa shape index (κ3) is 2.42. The lowest BCUT2D eigenvalue weighted by molar-refractivity contribution is -0.683. The molecule has 3 heteroatoms. The summed E-state index contributed by atoms with van der Waals surface area (Å²) in [7, 11) is 0. The molecular formula is C11H11BrNS+. The molecule has 0 unspecified atom stereocenters. The molecule has 0 amide bonds. The van der Waals surface area contributed by atoms with Crippen LogP contribution in [-0.4, -0.2) is 0 Å². The SMILES string of the molecule is BrCc1c[n+](Cc2ccccc2)cs1. The minimum atomic E-state index is 0.944. The molecule has 1 nitrogen and oxygen atoms in total. The highest BCUT2D eigenvalue weighted by atomic mass is 79.9. The average Bonchev–Trinajstić information content (AvgIpc) is 2.67. The number of hydrogen-bond donors (Lipinski definition) is 0. The van der Waals surface area contributed by atoms with Crippen molar-refractivity contribution in [2.45, 2.75) is 11.9 Å². The van der Waals surface area contributed by atoms with Gasteiger partial charge in [-0.2, -0.15) is 4.57 Å². The van der Waals surface area contributed by atoms with Gasteiger partial charge >= 0.3 is 0 Å². The summed E-state index contributed by atoms with van der Waals surface area (Å²) in [6.45, 7) is 0.963. The number of alkyl halides is 1. The van der Waals surface area contributed by atoms with Crippen molar-refractivity contribution < 1.29 is 4.57 Å². The second kappa shape index (κ2) is 4.71. The largest absolute Gasteiger partial charge is 0.225 e. The maximum atomic E-state index is 3.45. The highest BCUT2D eigenvalue weighted by molar-refractivity contribution is 9.08. The Morgan fingerprint density at radius 3 is 2.64 bits per heavy atom. The Labute approximate surface area is 96.2 Å². The molecule has 0 fully saturated rings. The molecule has 0 saturated heterocycles. The molecular weight excluding hydrogens is 258 g/mol. The van der Waals surface area contributed by atoms with E-state index in [1.54, 1.807) is 11.3 Å². The number of rotatable bonds is 3. The van der Waals surface area contributed by atoms with E-state index in [1.807, 2.05) is 6.07 Å². The minimum absolute atomic E-state index is 0.944. The van der Waals surface area contributed by atoms with Gasteiger partial charge < -0.3 is 0 Å². The topological polar surface area (TPSA) is 3.88 Å². The molecule has 2 rings (SSSR count). The summed E-state index contributed by atoms with van der Waals surface area (Å²) >= 11 is 5.24. The summed E-state index contributed by atoms with van der Waals surface area (Å²) < 4.78 is 2.22. The van der Waals surface area contributed by atoms with E-state index >= 15 is 0 Å². The summed E-state index contributed by atoms with van der Waals surface area (Å²) in [6.07, 6.45) is 2.19. The van der Waals surface area contributed by atoms with Gasteiger partial charge in [0, 0.05) is 10.9 Å². The molecule has 0 radical (unpaired) electrons. The summed E-state index contributed by atoms with van der Waals surface area (Å²) in [4.78, 5) is 1.36. The molecule has 0 aliphatic heterocycles. The number of nitrogens with zero attached hydrogens (tertiary/aromatic N) is 1. The van der Waals surface area contributed by atoms with Crippen LogP contribution in [0.3, 0.4) is 0 Å². The van der Waals surface area contributed by atoms with Crippen molar-refractivity contribution in [2.75, 3.05) is 0 Å². The fourth-order valence-electron chi connectivity index (χ4n) is 1.32. The van der Waals surface area contributed by atoms with Gasteiger partial charge in [0.25, 0.3) is 0 Å². The molecule has 1 heterocycles. The van der Waals surface area contributed by atoms with E-state index in [0.717, 1.165) is 11.9 Å². The van der Waals surface area contributed by atoms with E-state index in [9.17, 15) is 0 Å². The average molecular weight is 269 g/mol. The second-order valence-corrected chi connectivity index (χ2v) is 4.64. The van der Waals surface area contributed by atoms with Crippen LogP contribution in [0.1, 0.15) is 10.4 Å². The normalized spacial score (nSPS) is 10.4. The van der Waals surface area contributed by atoms with Crippen LogP contribution in [0.5, 0.6) is 0 Å². The van der Waals surface area contributed by atoms with Crippen LogP contribution in [0.4, 0.5) is 0 Å². The molecule has 0 spiro atoms. The Morgan fingerprint density at radius 1 is 1.21 bits per heavy atom. The summed E-state index contributed by atoms with van der Waals surface area (Å²) in [5.41, 5.74) is 3.50. The van der Waals surface area contributed by atoms with E-state index in [4.69, 9.17) is 0 Å². The van der Waals surface area contributed by atoms with Crippen molar-refractivity contribution in [3.63, 3.8) is 0 Å². The van der Waals surface area contributed by atoms with Crippen LogP contribution in [0.25, 0.3) is 0 Å². The van der Waals surface area contributed by atoms with Crippen LogP contribution >= 0.6 is 27.3 Å². The number of halogens is 1. The molecule has 1 aromatic carbocycles. The number of hydrogen-bond acceptors (Lipinski definition) is 1. The highest BCUT2D eigenvalue weighted by Gasteiger charge is 2.05. The van der Waals surface area contributed by atoms with Crippen LogP contribution in [0.2, 0.25) is 0 Å². The number of aromatic nitrogens is 1. The zero-order valence-corrected chi connectivity index (χ0v) is 10.1. The molecule has 0 aliphatic carbocycles. The first-order valence-electron chi connectivity index (χ1n) is 4.45. The molecule has 2 aromatic rings. The van der Waals surface area contributed by atoms with Gasteiger partial charge in [-0.15, -0.1) is 0 Å². The van der Waals surface area contributed by atoms with Crippen LogP contribution in [0, 0.1) is 0 Å².